The van der Waals surface area contributed by atoms with Gasteiger partial charge in [-0.2, -0.15) is 0 Å². The number of hydrogen-bond donors (Lipinski definition) is 4. The number of aromatic nitrogens is 2. The van der Waals surface area contributed by atoms with Crippen LogP contribution < -0.4 is 10.8 Å². The summed E-state index contributed by atoms with van der Waals surface area (Å²) < 4.78 is 1.90. The summed E-state index contributed by atoms with van der Waals surface area (Å²) in [5.41, 5.74) is 3.90. The molecule has 0 aliphatic carbocycles. The van der Waals surface area contributed by atoms with Crippen molar-refractivity contribution >= 4 is 17.8 Å². The SMILES string of the molecule is CCCCc1nc(C(=O)NC(CC(=O)NO)Cc2ccccc2)cn1Cc1ccc(C(=O)O)cc1. The van der Waals surface area contributed by atoms with Gasteiger partial charge in [-0.05, 0) is 36.1 Å². The molecule has 9 heteroatoms. The van der Waals surface area contributed by atoms with Gasteiger partial charge in [0.05, 0.1) is 5.56 Å². The predicted molar refractivity (Wildman–Crippen MR) is 129 cm³/mol. The second-order valence-electron chi connectivity index (χ2n) is 8.38. The van der Waals surface area contributed by atoms with Crippen molar-refractivity contribution in [3.63, 3.8) is 0 Å². The Hall–Kier alpha value is -3.98. The van der Waals surface area contributed by atoms with E-state index in [9.17, 15) is 14.4 Å². The fraction of sp³-hybridized carbons (Fsp3) is 0.308. The molecule has 0 saturated carbocycles. The van der Waals surface area contributed by atoms with Gasteiger partial charge in [-0.3, -0.25) is 14.8 Å². The van der Waals surface area contributed by atoms with Gasteiger partial charge < -0.3 is 15.0 Å². The molecule has 2 aromatic carbocycles. The van der Waals surface area contributed by atoms with E-state index in [-0.39, 0.29) is 17.7 Å². The number of imidazole rings is 1. The molecule has 35 heavy (non-hydrogen) atoms. The van der Waals surface area contributed by atoms with Crippen LogP contribution in [0.5, 0.6) is 0 Å². The molecule has 0 aliphatic rings. The van der Waals surface area contributed by atoms with Crippen LogP contribution in [0.3, 0.4) is 0 Å². The average molecular weight is 479 g/mol. The van der Waals surface area contributed by atoms with Gasteiger partial charge in [0.15, 0.2) is 0 Å². The number of aromatic carboxylic acids is 1. The third-order valence-electron chi connectivity index (χ3n) is 5.62. The van der Waals surface area contributed by atoms with Gasteiger partial charge in [-0.1, -0.05) is 55.8 Å². The molecular formula is C26H30N4O5. The fourth-order valence-electron chi connectivity index (χ4n) is 3.79. The zero-order valence-electron chi connectivity index (χ0n) is 19.6. The molecule has 1 atom stereocenters. The van der Waals surface area contributed by atoms with Crippen LogP contribution in [0, 0.1) is 0 Å². The topological polar surface area (TPSA) is 134 Å². The first-order valence-electron chi connectivity index (χ1n) is 11.6. The van der Waals surface area contributed by atoms with E-state index in [1.807, 2.05) is 34.9 Å². The zero-order valence-corrected chi connectivity index (χ0v) is 19.6. The number of carbonyl (C=O) groups excluding carboxylic acids is 2. The van der Waals surface area contributed by atoms with Crippen molar-refractivity contribution in [3.8, 4) is 0 Å². The van der Waals surface area contributed by atoms with E-state index in [1.165, 1.54) is 0 Å². The molecule has 1 heterocycles. The van der Waals surface area contributed by atoms with E-state index in [2.05, 4.69) is 17.2 Å². The summed E-state index contributed by atoms with van der Waals surface area (Å²) in [5, 5.41) is 20.9. The molecule has 3 rings (SSSR count). The van der Waals surface area contributed by atoms with Crippen molar-refractivity contribution in [1.82, 2.24) is 20.3 Å². The van der Waals surface area contributed by atoms with Crippen LogP contribution in [0.25, 0.3) is 0 Å². The molecule has 2 amide bonds. The summed E-state index contributed by atoms with van der Waals surface area (Å²) in [6.07, 6.45) is 4.57. The van der Waals surface area contributed by atoms with E-state index in [0.29, 0.717) is 19.4 Å². The summed E-state index contributed by atoms with van der Waals surface area (Å²) in [4.78, 5) is 40.6. The first-order valence-corrected chi connectivity index (χ1v) is 11.6. The number of benzene rings is 2. The molecular weight excluding hydrogens is 448 g/mol. The van der Waals surface area contributed by atoms with Gasteiger partial charge in [0.2, 0.25) is 5.91 Å². The van der Waals surface area contributed by atoms with E-state index >= 15 is 0 Å². The Morgan fingerprint density at radius 2 is 1.74 bits per heavy atom. The average Bonchev–Trinajstić information content (AvgIpc) is 3.26. The maximum absolute atomic E-state index is 13.1. The Morgan fingerprint density at radius 3 is 2.37 bits per heavy atom. The maximum Gasteiger partial charge on any atom is 0.335 e. The maximum atomic E-state index is 13.1. The number of amides is 2. The monoisotopic (exact) mass is 478 g/mol. The second-order valence-corrected chi connectivity index (χ2v) is 8.38. The molecule has 0 bridgehead atoms. The van der Waals surface area contributed by atoms with Crippen LogP contribution in [0.2, 0.25) is 0 Å². The van der Waals surface area contributed by atoms with E-state index in [4.69, 9.17) is 10.3 Å². The van der Waals surface area contributed by atoms with Gasteiger partial charge in [0, 0.05) is 31.6 Å². The van der Waals surface area contributed by atoms with Crippen molar-refractivity contribution in [2.75, 3.05) is 0 Å². The van der Waals surface area contributed by atoms with Crippen molar-refractivity contribution in [2.45, 2.75) is 51.6 Å². The van der Waals surface area contributed by atoms with Gasteiger partial charge in [0.25, 0.3) is 5.91 Å². The number of unbranched alkanes of at least 4 members (excludes halogenated alkanes) is 1. The molecule has 0 radical (unpaired) electrons. The number of carboxylic acid groups (broad SMARTS) is 1. The Balaban J connectivity index is 1.79. The molecule has 0 aliphatic heterocycles. The first-order chi connectivity index (χ1) is 16.9. The predicted octanol–water partition coefficient (Wildman–Crippen LogP) is 3.21. The summed E-state index contributed by atoms with van der Waals surface area (Å²) >= 11 is 0. The van der Waals surface area contributed by atoms with Crippen molar-refractivity contribution < 1.29 is 24.7 Å². The number of nitrogens with zero attached hydrogens (tertiary/aromatic N) is 2. The lowest BCUT2D eigenvalue weighted by Crippen LogP contribution is -2.40. The minimum Gasteiger partial charge on any atom is -0.478 e. The molecule has 0 spiro atoms. The molecule has 9 nitrogen and oxygen atoms in total. The van der Waals surface area contributed by atoms with Gasteiger partial charge in [-0.15, -0.1) is 0 Å². The van der Waals surface area contributed by atoms with Crippen LogP contribution in [0.1, 0.15) is 64.0 Å². The quantitative estimate of drug-likeness (QED) is 0.233. The Labute approximate surface area is 203 Å². The van der Waals surface area contributed by atoms with Crippen LogP contribution in [0.15, 0.2) is 60.8 Å². The van der Waals surface area contributed by atoms with Crippen molar-refractivity contribution in [2.24, 2.45) is 0 Å². The third-order valence-corrected chi connectivity index (χ3v) is 5.62. The summed E-state index contributed by atoms with van der Waals surface area (Å²) in [6.45, 7) is 2.52. The zero-order chi connectivity index (χ0) is 25.2. The minimum absolute atomic E-state index is 0.0868. The molecule has 0 fully saturated rings. The summed E-state index contributed by atoms with van der Waals surface area (Å²) in [5.74, 6) is -1.23. The number of hydrogen-bond acceptors (Lipinski definition) is 5. The number of nitrogens with one attached hydrogen (secondary N) is 2. The number of aryl methyl sites for hydroxylation is 1. The first kappa shape index (κ1) is 25.6. The largest absolute Gasteiger partial charge is 0.478 e. The highest BCUT2D eigenvalue weighted by atomic mass is 16.5. The molecule has 1 unspecified atom stereocenters. The lowest BCUT2D eigenvalue weighted by Gasteiger charge is -2.17. The molecule has 4 N–H and O–H groups in total. The van der Waals surface area contributed by atoms with E-state index < -0.39 is 23.8 Å². The number of rotatable bonds is 12. The minimum atomic E-state index is -0.985. The van der Waals surface area contributed by atoms with Gasteiger partial charge >= 0.3 is 5.97 Å². The lowest BCUT2D eigenvalue weighted by molar-refractivity contribution is -0.129. The molecule has 3 aromatic rings. The van der Waals surface area contributed by atoms with Crippen LogP contribution >= 0.6 is 0 Å². The van der Waals surface area contributed by atoms with Crippen molar-refractivity contribution in [3.05, 3.63) is 89.0 Å². The normalized spacial score (nSPS) is 11.6. The van der Waals surface area contributed by atoms with Crippen LogP contribution in [-0.2, 0) is 24.2 Å². The number of carboxylic acids is 1. The Bertz CT molecular complexity index is 1140. The van der Waals surface area contributed by atoms with Crippen LogP contribution in [0.4, 0.5) is 0 Å². The van der Waals surface area contributed by atoms with Crippen molar-refractivity contribution in [1.29, 1.82) is 0 Å². The smallest absolute Gasteiger partial charge is 0.335 e. The summed E-state index contributed by atoms with van der Waals surface area (Å²) in [6, 6.07) is 15.5. The van der Waals surface area contributed by atoms with E-state index in [1.54, 1.807) is 35.9 Å². The summed E-state index contributed by atoms with van der Waals surface area (Å²) in [7, 11) is 0. The molecule has 0 saturated heterocycles. The number of hydroxylamine groups is 1. The van der Waals surface area contributed by atoms with E-state index in [0.717, 1.165) is 29.8 Å². The van der Waals surface area contributed by atoms with Gasteiger partial charge in [-0.25, -0.2) is 15.3 Å². The highest BCUT2D eigenvalue weighted by Crippen LogP contribution is 2.14. The van der Waals surface area contributed by atoms with Crippen LogP contribution in [-0.4, -0.2) is 43.7 Å². The Kier molecular flexibility index (Phi) is 9.14. The van der Waals surface area contributed by atoms with Gasteiger partial charge in [0.1, 0.15) is 11.5 Å². The fourth-order valence-corrected chi connectivity index (χ4v) is 3.79. The highest BCUT2D eigenvalue weighted by Gasteiger charge is 2.21. The highest BCUT2D eigenvalue weighted by molar-refractivity contribution is 5.92. The Morgan fingerprint density at radius 1 is 1.03 bits per heavy atom. The molecule has 184 valence electrons. The lowest BCUT2D eigenvalue weighted by atomic mass is 10.0. The standard InChI is InChI=1S/C26H30N4O5/c1-2-3-9-23-28-22(17-30(23)16-19-10-12-20(13-11-19)26(33)34)25(32)27-21(15-24(31)29-35)14-18-7-5-4-6-8-18/h4-8,10-13,17,21,35H,2-3,9,14-16H2,1H3,(H,27,32)(H,29,31)(H,33,34). The number of carbonyl (C=O) groups is 3. The second kappa shape index (κ2) is 12.5. The third kappa shape index (κ3) is 7.51. The molecule has 1 aromatic heterocycles.